The lowest BCUT2D eigenvalue weighted by atomic mass is 10.1. The second-order valence-electron chi connectivity index (χ2n) is 3.92. The van der Waals surface area contributed by atoms with Gasteiger partial charge in [0.1, 0.15) is 0 Å². The summed E-state index contributed by atoms with van der Waals surface area (Å²) in [6.45, 7) is 3.21. The number of amides is 1. The van der Waals surface area contributed by atoms with E-state index in [9.17, 15) is 13.6 Å². The Labute approximate surface area is 113 Å². The Hall–Kier alpha value is -1.04. The number of carbonyl (C=O) groups is 1. The van der Waals surface area contributed by atoms with Crippen LogP contribution in [0.1, 0.15) is 21.7 Å². The van der Waals surface area contributed by atoms with Crippen LogP contribution >= 0.6 is 15.9 Å². The molecule has 0 saturated heterocycles. The van der Waals surface area contributed by atoms with Gasteiger partial charge < -0.3 is 4.90 Å². The smallest absolute Gasteiger partial charge is 0.255 e. The summed E-state index contributed by atoms with van der Waals surface area (Å²) in [5.74, 6) is -0.403. The molecule has 0 unspecified atom stereocenters. The van der Waals surface area contributed by atoms with Crippen LogP contribution in [0.4, 0.5) is 8.78 Å². The van der Waals surface area contributed by atoms with Crippen molar-refractivity contribution in [3.63, 3.8) is 0 Å². The van der Waals surface area contributed by atoms with Crippen molar-refractivity contribution in [2.45, 2.75) is 20.3 Å². The first-order valence-corrected chi connectivity index (χ1v) is 6.65. The summed E-state index contributed by atoms with van der Waals surface area (Å²) < 4.78 is 24.8. The van der Waals surface area contributed by atoms with E-state index < -0.39 is 18.9 Å². The van der Waals surface area contributed by atoms with Crippen LogP contribution in [0, 0.1) is 13.8 Å². The summed E-state index contributed by atoms with van der Waals surface area (Å²) in [5.41, 5.74) is 1.74. The molecular weight excluding hydrogens is 306 g/mol. The number of hydrogen-bond acceptors (Lipinski definition) is 2. The van der Waals surface area contributed by atoms with Gasteiger partial charge in [-0.15, -0.1) is 0 Å². The lowest BCUT2D eigenvalue weighted by Gasteiger charge is -2.22. The molecule has 0 aromatic carbocycles. The van der Waals surface area contributed by atoms with Gasteiger partial charge >= 0.3 is 0 Å². The van der Waals surface area contributed by atoms with Crippen molar-refractivity contribution >= 4 is 21.8 Å². The van der Waals surface area contributed by atoms with E-state index in [1.807, 2.05) is 6.92 Å². The monoisotopic (exact) mass is 320 g/mol. The molecule has 0 aliphatic rings. The Kier molecular flexibility index (Phi) is 5.65. The van der Waals surface area contributed by atoms with Crippen molar-refractivity contribution in [3.05, 3.63) is 29.1 Å². The van der Waals surface area contributed by atoms with Gasteiger partial charge in [0.2, 0.25) is 0 Å². The maximum Gasteiger partial charge on any atom is 0.255 e. The lowest BCUT2D eigenvalue weighted by Crippen LogP contribution is -2.37. The first-order valence-electron chi connectivity index (χ1n) is 5.53. The highest BCUT2D eigenvalue weighted by molar-refractivity contribution is 9.09. The summed E-state index contributed by atoms with van der Waals surface area (Å²) in [5, 5.41) is 0.462. The van der Waals surface area contributed by atoms with Gasteiger partial charge in [-0.25, -0.2) is 8.78 Å². The number of nitrogens with zero attached hydrogens (tertiary/aromatic N) is 2. The van der Waals surface area contributed by atoms with Crippen molar-refractivity contribution in [2.75, 3.05) is 18.4 Å². The van der Waals surface area contributed by atoms with Gasteiger partial charge in [0.05, 0.1) is 17.8 Å². The van der Waals surface area contributed by atoms with Gasteiger partial charge in [-0.3, -0.25) is 9.78 Å². The van der Waals surface area contributed by atoms with Gasteiger partial charge in [0.25, 0.3) is 12.3 Å². The average molecular weight is 321 g/mol. The first kappa shape index (κ1) is 15.0. The molecule has 100 valence electrons. The predicted octanol–water partition coefficient (Wildman–Crippen LogP) is 2.80. The Balaban J connectivity index is 2.94. The summed E-state index contributed by atoms with van der Waals surface area (Å²) in [4.78, 5) is 17.4. The van der Waals surface area contributed by atoms with Crippen LogP contribution in [-0.4, -0.2) is 40.6 Å². The highest BCUT2D eigenvalue weighted by atomic mass is 79.9. The molecule has 0 saturated carbocycles. The first-order chi connectivity index (χ1) is 8.45. The molecule has 0 N–H and O–H groups in total. The third-order valence-corrected chi connectivity index (χ3v) is 2.81. The quantitative estimate of drug-likeness (QED) is 0.782. The predicted molar refractivity (Wildman–Crippen MR) is 69.4 cm³/mol. The average Bonchev–Trinajstić information content (AvgIpc) is 2.27. The maximum atomic E-state index is 12.4. The molecule has 0 spiro atoms. The van der Waals surface area contributed by atoms with Gasteiger partial charge in [-0.05, 0) is 26.0 Å². The van der Waals surface area contributed by atoms with Gasteiger partial charge in [-0.1, -0.05) is 15.9 Å². The number of pyridine rings is 1. The lowest BCUT2D eigenvalue weighted by molar-refractivity contribution is 0.0571. The fraction of sp³-hybridized carbons (Fsp3) is 0.500. The highest BCUT2D eigenvalue weighted by Crippen LogP contribution is 2.12. The van der Waals surface area contributed by atoms with Crippen molar-refractivity contribution < 1.29 is 13.6 Å². The topological polar surface area (TPSA) is 33.2 Å². The van der Waals surface area contributed by atoms with E-state index >= 15 is 0 Å². The van der Waals surface area contributed by atoms with E-state index in [1.165, 1.54) is 0 Å². The second kappa shape index (κ2) is 6.78. The maximum absolute atomic E-state index is 12.4. The number of alkyl halides is 3. The molecule has 1 aromatic heterocycles. The zero-order chi connectivity index (χ0) is 13.7. The standard InChI is InChI=1S/C12H15BrF2N2O/c1-8-3-4-10(9(2)16-8)12(18)17(6-5-13)7-11(14)15/h3-4,11H,5-7H2,1-2H3. The molecular formula is C12H15BrF2N2O. The summed E-state index contributed by atoms with van der Waals surface area (Å²) in [6, 6.07) is 3.33. The van der Waals surface area contributed by atoms with E-state index in [4.69, 9.17) is 0 Å². The molecule has 1 aromatic rings. The molecule has 0 aliphatic heterocycles. The zero-order valence-corrected chi connectivity index (χ0v) is 11.9. The summed E-state index contributed by atoms with van der Waals surface area (Å²) in [7, 11) is 0. The van der Waals surface area contributed by atoms with Crippen molar-refractivity contribution in [1.29, 1.82) is 0 Å². The molecule has 0 atom stereocenters. The van der Waals surface area contributed by atoms with Crippen LogP contribution in [0.5, 0.6) is 0 Å². The van der Waals surface area contributed by atoms with Crippen LogP contribution < -0.4 is 0 Å². The zero-order valence-electron chi connectivity index (χ0n) is 10.3. The van der Waals surface area contributed by atoms with E-state index in [1.54, 1.807) is 19.1 Å². The van der Waals surface area contributed by atoms with Crippen molar-refractivity contribution in [1.82, 2.24) is 9.88 Å². The Morgan fingerprint density at radius 3 is 2.61 bits per heavy atom. The number of halogens is 3. The Morgan fingerprint density at radius 2 is 2.11 bits per heavy atom. The minimum absolute atomic E-state index is 0.247. The van der Waals surface area contributed by atoms with E-state index in [0.29, 0.717) is 16.6 Å². The number of aryl methyl sites for hydroxylation is 2. The van der Waals surface area contributed by atoms with Crippen LogP contribution in [0.25, 0.3) is 0 Å². The minimum atomic E-state index is -2.54. The molecule has 1 rings (SSSR count). The third kappa shape index (κ3) is 4.01. The number of carbonyl (C=O) groups excluding carboxylic acids is 1. The molecule has 0 bridgehead atoms. The van der Waals surface area contributed by atoms with Crippen LogP contribution in [0.3, 0.4) is 0 Å². The van der Waals surface area contributed by atoms with Crippen LogP contribution in [-0.2, 0) is 0 Å². The molecule has 0 fully saturated rings. The largest absolute Gasteiger partial charge is 0.332 e. The van der Waals surface area contributed by atoms with Crippen molar-refractivity contribution in [2.24, 2.45) is 0 Å². The summed E-state index contributed by atoms with van der Waals surface area (Å²) >= 11 is 3.16. The Bertz CT molecular complexity index is 427. The van der Waals surface area contributed by atoms with Crippen molar-refractivity contribution in [3.8, 4) is 0 Å². The fourth-order valence-electron chi connectivity index (χ4n) is 1.63. The molecule has 0 aliphatic carbocycles. The number of hydrogen-bond donors (Lipinski definition) is 0. The van der Waals surface area contributed by atoms with Crippen LogP contribution in [0.2, 0.25) is 0 Å². The van der Waals surface area contributed by atoms with E-state index in [-0.39, 0.29) is 6.54 Å². The molecule has 1 heterocycles. The molecule has 1 amide bonds. The molecule has 3 nitrogen and oxygen atoms in total. The minimum Gasteiger partial charge on any atom is -0.332 e. The molecule has 0 radical (unpaired) electrons. The number of aromatic nitrogens is 1. The summed E-state index contributed by atoms with van der Waals surface area (Å²) in [6.07, 6.45) is -2.54. The van der Waals surface area contributed by atoms with Gasteiger partial charge in [-0.2, -0.15) is 0 Å². The highest BCUT2D eigenvalue weighted by Gasteiger charge is 2.20. The molecule has 18 heavy (non-hydrogen) atoms. The van der Waals surface area contributed by atoms with E-state index in [0.717, 1.165) is 10.6 Å². The fourth-order valence-corrected chi connectivity index (χ4v) is 2.06. The normalized spacial score (nSPS) is 10.8. The SMILES string of the molecule is Cc1ccc(C(=O)N(CCBr)CC(F)F)c(C)n1. The second-order valence-corrected chi connectivity index (χ2v) is 4.71. The van der Waals surface area contributed by atoms with Crippen LogP contribution in [0.15, 0.2) is 12.1 Å². The van der Waals surface area contributed by atoms with Gasteiger partial charge in [0.15, 0.2) is 0 Å². The molecule has 6 heteroatoms. The number of rotatable bonds is 5. The van der Waals surface area contributed by atoms with E-state index in [2.05, 4.69) is 20.9 Å². The Morgan fingerprint density at radius 1 is 1.44 bits per heavy atom. The third-order valence-electron chi connectivity index (χ3n) is 2.46. The van der Waals surface area contributed by atoms with Gasteiger partial charge in [0, 0.05) is 17.6 Å².